The van der Waals surface area contributed by atoms with Crippen molar-refractivity contribution < 1.29 is 24.3 Å². The molecule has 2 unspecified atom stereocenters. The molecule has 0 aromatic carbocycles. The number of carboxylic acid groups (broad SMARTS) is 1. The average molecular weight is 717 g/mol. The third-order valence-corrected chi connectivity index (χ3v) is 12.2. The van der Waals surface area contributed by atoms with Gasteiger partial charge in [-0.05, 0) is 38.7 Å². The molecule has 13 nitrogen and oxygen atoms in total. The minimum atomic E-state index is -1.21. The van der Waals surface area contributed by atoms with Gasteiger partial charge in [-0.1, -0.05) is 51.6 Å². The molecule has 0 bridgehead atoms. The van der Waals surface area contributed by atoms with Crippen LogP contribution < -0.4 is 16.8 Å². The van der Waals surface area contributed by atoms with Crippen molar-refractivity contribution in [2.45, 2.75) is 60.3 Å². The first kappa shape index (κ1) is 33.2. The lowest BCUT2D eigenvalue weighted by atomic mass is 10.0. The predicted octanol–water partition coefficient (Wildman–Crippen LogP) is 3.37. The number of rotatable bonds is 13. The van der Waals surface area contributed by atoms with Gasteiger partial charge in [-0.15, -0.1) is 23.5 Å². The highest BCUT2D eigenvalue weighted by molar-refractivity contribution is 8.18. The molecule has 236 valence electrons. The fraction of sp³-hybridized carbons (Fsp3) is 0.480. The van der Waals surface area contributed by atoms with E-state index in [0.717, 1.165) is 47.7 Å². The zero-order chi connectivity index (χ0) is 31.4. The van der Waals surface area contributed by atoms with Gasteiger partial charge >= 0.3 is 5.97 Å². The largest absolute Gasteiger partial charge is 0.477 e. The van der Waals surface area contributed by atoms with Gasteiger partial charge in [-0.3, -0.25) is 14.5 Å². The topological polar surface area (TPSA) is 199 Å². The first-order valence-corrected chi connectivity index (χ1v) is 18.7. The van der Waals surface area contributed by atoms with Gasteiger partial charge in [0.05, 0.1) is 0 Å². The molecule has 2 atom stereocenters. The number of fused-ring (bicyclic) bond motifs is 1. The van der Waals surface area contributed by atoms with Crippen molar-refractivity contribution in [3.63, 3.8) is 0 Å². The van der Waals surface area contributed by atoms with Gasteiger partial charge in [0.1, 0.15) is 38.3 Å². The lowest BCUT2D eigenvalue weighted by Gasteiger charge is -2.49. The Hall–Kier alpha value is -2.22. The van der Waals surface area contributed by atoms with Gasteiger partial charge in [-0.2, -0.15) is 0 Å². The second-order valence-corrected chi connectivity index (χ2v) is 16.0. The summed E-state index contributed by atoms with van der Waals surface area (Å²) in [5.74, 6) is -1.40. The number of aryl methyl sites for hydroxylation is 1. The molecule has 4 heterocycles. The number of aliphatic carboxylic acids is 1. The highest BCUT2D eigenvalue weighted by Gasteiger charge is 2.54. The van der Waals surface area contributed by atoms with Crippen LogP contribution in [0.3, 0.4) is 0 Å². The minimum Gasteiger partial charge on any atom is -0.477 e. The summed E-state index contributed by atoms with van der Waals surface area (Å²) in [5.41, 5.74) is 12.0. The van der Waals surface area contributed by atoms with Gasteiger partial charge in [0.2, 0.25) is 0 Å². The third kappa shape index (κ3) is 7.59. The van der Waals surface area contributed by atoms with Gasteiger partial charge in [0.25, 0.3) is 11.8 Å². The molecule has 3 aliphatic rings. The Labute approximate surface area is 279 Å². The number of hydrogen-bond acceptors (Lipinski definition) is 15. The predicted molar refractivity (Wildman–Crippen MR) is 176 cm³/mol. The fourth-order valence-electron chi connectivity index (χ4n) is 4.65. The molecule has 2 aromatic rings. The molecule has 0 radical (unpaired) electrons. The standard InChI is InChI=1S/C25H29ClN8O5S5/c1-11-8-14(30-25(29-11)40-7-6-27)43-10-42-13-9-41-22-17(21(36)34(22)18(13)23(37)38)31-20(35)16(15-19(26)44-24(28)32-15)33-39-12-4-2-3-5-12/h8,12,17,22H,2-7,9-10,27H2,1H3,(H2,28,32)(H,31,35)(H,37,38). The van der Waals surface area contributed by atoms with Crippen molar-refractivity contribution in [2.24, 2.45) is 10.9 Å². The second kappa shape index (κ2) is 14.9. The second-order valence-electron chi connectivity index (χ2n) is 9.74. The van der Waals surface area contributed by atoms with Crippen LogP contribution in [0.5, 0.6) is 0 Å². The Kier molecular flexibility index (Phi) is 11.2. The van der Waals surface area contributed by atoms with Gasteiger partial charge in [-0.25, -0.2) is 19.7 Å². The van der Waals surface area contributed by atoms with Crippen LogP contribution in [0.2, 0.25) is 4.34 Å². The average Bonchev–Trinajstić information content (AvgIpc) is 3.63. The highest BCUT2D eigenvalue weighted by atomic mass is 35.5. The lowest BCUT2D eigenvalue weighted by Crippen LogP contribution is -2.71. The molecule has 1 aliphatic carbocycles. The van der Waals surface area contributed by atoms with E-state index in [4.69, 9.17) is 27.9 Å². The van der Waals surface area contributed by atoms with E-state index in [1.807, 2.05) is 13.0 Å². The minimum absolute atomic E-state index is 0.0656. The number of anilines is 1. The van der Waals surface area contributed by atoms with E-state index < -0.39 is 29.2 Å². The van der Waals surface area contributed by atoms with Gasteiger partial charge in [0, 0.05) is 33.7 Å². The van der Waals surface area contributed by atoms with E-state index >= 15 is 0 Å². The van der Waals surface area contributed by atoms with Crippen LogP contribution in [-0.4, -0.2) is 89.1 Å². The van der Waals surface area contributed by atoms with Crippen molar-refractivity contribution in [3.05, 3.63) is 32.4 Å². The molecule has 1 saturated carbocycles. The molecule has 19 heteroatoms. The number of nitrogens with zero attached hydrogens (tertiary/aromatic N) is 5. The number of nitrogens with one attached hydrogen (secondary N) is 1. The molecule has 44 heavy (non-hydrogen) atoms. The summed E-state index contributed by atoms with van der Waals surface area (Å²) in [5, 5.41) is 18.3. The molecular weight excluding hydrogens is 688 g/mol. The Balaban J connectivity index is 1.26. The van der Waals surface area contributed by atoms with E-state index in [0.29, 0.717) is 33.2 Å². The quantitative estimate of drug-likeness (QED) is 0.0447. The fourth-order valence-corrected chi connectivity index (χ4v) is 10.1. The van der Waals surface area contributed by atoms with Crippen LogP contribution in [0, 0.1) is 6.92 Å². The maximum Gasteiger partial charge on any atom is 0.353 e. The molecule has 1 saturated heterocycles. The number of thiazole rings is 1. The molecule has 2 aromatic heterocycles. The molecule has 2 aliphatic heterocycles. The van der Waals surface area contributed by atoms with E-state index in [-0.39, 0.29) is 32.7 Å². The van der Waals surface area contributed by atoms with Gasteiger partial charge in [0.15, 0.2) is 16.0 Å². The van der Waals surface area contributed by atoms with Gasteiger partial charge < -0.3 is 26.7 Å². The molecule has 0 spiro atoms. The molecular formula is C25H29ClN8O5S5. The smallest absolute Gasteiger partial charge is 0.353 e. The SMILES string of the molecule is Cc1cc(SCSC2=C(C(=O)O)N3C(=O)C(NC(=O)C(=NOC4CCCC4)c4nc(N)sc4Cl)C3SC2)nc(SCCN)n1. The number of nitrogen functional groups attached to an aromatic ring is 1. The summed E-state index contributed by atoms with van der Waals surface area (Å²) in [6.45, 7) is 2.40. The Bertz CT molecular complexity index is 1500. The number of carboxylic acids is 1. The summed E-state index contributed by atoms with van der Waals surface area (Å²) >= 11 is 12.9. The number of thioether (sulfide) groups is 4. The van der Waals surface area contributed by atoms with Crippen molar-refractivity contribution >= 4 is 98.6 Å². The number of β-lactam (4-membered cyclic amide) rings is 1. The first-order chi connectivity index (χ1) is 21.2. The Morgan fingerprint density at radius 3 is 2.70 bits per heavy atom. The van der Waals surface area contributed by atoms with E-state index in [2.05, 4.69) is 25.4 Å². The Morgan fingerprint density at radius 1 is 1.25 bits per heavy atom. The van der Waals surface area contributed by atoms with E-state index in [1.165, 1.54) is 51.9 Å². The molecule has 5 rings (SSSR count). The first-order valence-electron chi connectivity index (χ1n) is 13.5. The van der Waals surface area contributed by atoms with Crippen LogP contribution >= 0.6 is 70.0 Å². The number of halogens is 1. The molecule has 2 fully saturated rings. The van der Waals surface area contributed by atoms with Crippen molar-refractivity contribution in [2.75, 3.05) is 28.9 Å². The summed E-state index contributed by atoms with van der Waals surface area (Å²) in [6.07, 6.45) is 3.51. The van der Waals surface area contributed by atoms with Crippen LogP contribution in [-0.2, 0) is 19.2 Å². The van der Waals surface area contributed by atoms with E-state index in [9.17, 15) is 19.5 Å². The zero-order valence-corrected chi connectivity index (χ0v) is 28.2. The third-order valence-electron chi connectivity index (χ3n) is 6.66. The number of nitrogens with two attached hydrogens (primary N) is 2. The normalized spacial score (nSPS) is 20.5. The molecule has 2 amide bonds. The summed E-state index contributed by atoms with van der Waals surface area (Å²) in [6, 6.07) is 0.897. The number of aromatic nitrogens is 3. The summed E-state index contributed by atoms with van der Waals surface area (Å²) in [7, 11) is 0. The number of amides is 2. The highest BCUT2D eigenvalue weighted by Crippen LogP contribution is 2.44. The number of carbonyl (C=O) groups excluding carboxylic acids is 2. The number of hydrogen-bond donors (Lipinski definition) is 4. The number of oxime groups is 1. The Morgan fingerprint density at radius 2 is 2.02 bits per heavy atom. The van der Waals surface area contributed by atoms with Crippen molar-refractivity contribution in [1.82, 2.24) is 25.2 Å². The monoisotopic (exact) mass is 716 g/mol. The maximum atomic E-state index is 13.4. The summed E-state index contributed by atoms with van der Waals surface area (Å²) < 4.78 is 0.165. The van der Waals surface area contributed by atoms with Crippen LogP contribution in [0.1, 0.15) is 37.1 Å². The summed E-state index contributed by atoms with van der Waals surface area (Å²) in [4.78, 5) is 59.5. The van der Waals surface area contributed by atoms with E-state index in [1.54, 1.807) is 0 Å². The number of carbonyl (C=O) groups is 3. The lowest BCUT2D eigenvalue weighted by molar-refractivity contribution is -0.150. The zero-order valence-electron chi connectivity index (χ0n) is 23.4. The molecule has 6 N–H and O–H groups in total. The maximum absolute atomic E-state index is 13.4. The van der Waals surface area contributed by atoms with Crippen molar-refractivity contribution in [3.8, 4) is 0 Å². The van der Waals surface area contributed by atoms with Crippen LogP contribution in [0.15, 0.2) is 32.0 Å². The van der Waals surface area contributed by atoms with Crippen molar-refractivity contribution in [1.29, 1.82) is 0 Å². The van der Waals surface area contributed by atoms with Crippen LogP contribution in [0.25, 0.3) is 0 Å². The van der Waals surface area contributed by atoms with Crippen LogP contribution in [0.4, 0.5) is 5.13 Å².